The van der Waals surface area contributed by atoms with Crippen molar-refractivity contribution in [2.75, 3.05) is 39.5 Å². The van der Waals surface area contributed by atoms with Crippen LogP contribution in [-0.2, 0) is 22.6 Å². The first-order valence-electron chi connectivity index (χ1n) is 10.9. The van der Waals surface area contributed by atoms with Crippen molar-refractivity contribution in [2.24, 2.45) is 10.9 Å². The van der Waals surface area contributed by atoms with E-state index in [0.717, 1.165) is 64.7 Å². The Labute approximate surface area is 202 Å². The Bertz CT molecular complexity index is 750. The molecule has 0 unspecified atom stereocenters. The van der Waals surface area contributed by atoms with Crippen molar-refractivity contribution in [1.82, 2.24) is 25.4 Å². The third-order valence-corrected chi connectivity index (χ3v) is 5.02. The highest BCUT2D eigenvalue weighted by Crippen LogP contribution is 2.14. The zero-order chi connectivity index (χ0) is 20.9. The Morgan fingerprint density at radius 3 is 2.87 bits per heavy atom. The van der Waals surface area contributed by atoms with E-state index in [9.17, 15) is 0 Å². The van der Waals surface area contributed by atoms with Gasteiger partial charge in [-0.05, 0) is 43.2 Å². The largest absolute Gasteiger partial charge is 0.381 e. The zero-order valence-corrected chi connectivity index (χ0v) is 20.7. The number of halogens is 1. The van der Waals surface area contributed by atoms with E-state index in [2.05, 4.69) is 51.9 Å². The SMILES string of the molecule is CCNC(=NCc1cccc(Cn2cncn2)c1)NCCCOCC1CCOCC1.I. The summed E-state index contributed by atoms with van der Waals surface area (Å²) in [4.78, 5) is 8.71. The Morgan fingerprint density at radius 1 is 1.26 bits per heavy atom. The van der Waals surface area contributed by atoms with Crippen LogP contribution >= 0.6 is 24.0 Å². The fraction of sp³-hybridized carbons (Fsp3) is 0.591. The van der Waals surface area contributed by atoms with Gasteiger partial charge in [-0.15, -0.1) is 24.0 Å². The maximum atomic E-state index is 5.83. The summed E-state index contributed by atoms with van der Waals surface area (Å²) in [6, 6.07) is 8.42. The van der Waals surface area contributed by atoms with E-state index in [-0.39, 0.29) is 24.0 Å². The molecule has 1 fully saturated rings. The topological polar surface area (TPSA) is 85.6 Å². The van der Waals surface area contributed by atoms with Crippen molar-refractivity contribution in [3.05, 3.63) is 48.0 Å². The summed E-state index contributed by atoms with van der Waals surface area (Å²) in [7, 11) is 0. The van der Waals surface area contributed by atoms with Crippen LogP contribution in [0.5, 0.6) is 0 Å². The molecular formula is C22H35IN6O2. The maximum Gasteiger partial charge on any atom is 0.191 e. The van der Waals surface area contributed by atoms with Gasteiger partial charge in [0.25, 0.3) is 0 Å². The molecule has 0 bridgehead atoms. The number of guanidine groups is 1. The number of aliphatic imine (C=N–C) groups is 1. The summed E-state index contributed by atoms with van der Waals surface area (Å²) in [5.74, 6) is 1.49. The molecule has 8 nitrogen and oxygen atoms in total. The van der Waals surface area contributed by atoms with Crippen LogP contribution < -0.4 is 10.6 Å². The first-order valence-corrected chi connectivity index (χ1v) is 10.9. The van der Waals surface area contributed by atoms with E-state index < -0.39 is 0 Å². The third kappa shape index (κ3) is 9.96. The number of hydrogen-bond acceptors (Lipinski definition) is 5. The molecule has 1 aliphatic heterocycles. The quantitative estimate of drug-likeness (QED) is 0.197. The average Bonchev–Trinajstić information content (AvgIpc) is 3.28. The van der Waals surface area contributed by atoms with E-state index in [1.54, 1.807) is 12.7 Å². The van der Waals surface area contributed by atoms with Gasteiger partial charge in [0.15, 0.2) is 5.96 Å². The second-order valence-electron chi connectivity index (χ2n) is 7.52. The Kier molecular flexibility index (Phi) is 12.5. The summed E-state index contributed by atoms with van der Waals surface area (Å²) in [5.41, 5.74) is 2.36. The van der Waals surface area contributed by atoms with Crippen LogP contribution in [0, 0.1) is 5.92 Å². The van der Waals surface area contributed by atoms with Gasteiger partial charge in [-0.3, -0.25) is 0 Å². The van der Waals surface area contributed by atoms with E-state index in [1.165, 1.54) is 11.1 Å². The van der Waals surface area contributed by atoms with Crippen LogP contribution in [0.1, 0.15) is 37.3 Å². The molecule has 0 amide bonds. The van der Waals surface area contributed by atoms with Crippen molar-refractivity contribution in [1.29, 1.82) is 0 Å². The highest BCUT2D eigenvalue weighted by molar-refractivity contribution is 14.0. The van der Waals surface area contributed by atoms with Gasteiger partial charge < -0.3 is 20.1 Å². The summed E-state index contributed by atoms with van der Waals surface area (Å²) in [5, 5.41) is 10.9. The molecule has 0 aliphatic carbocycles. The Hall–Kier alpha value is -1.72. The van der Waals surface area contributed by atoms with Gasteiger partial charge in [0.2, 0.25) is 0 Å². The molecule has 2 N–H and O–H groups in total. The van der Waals surface area contributed by atoms with Gasteiger partial charge in [0.05, 0.1) is 13.1 Å². The number of hydrogen-bond donors (Lipinski definition) is 2. The van der Waals surface area contributed by atoms with Gasteiger partial charge in [0.1, 0.15) is 12.7 Å². The van der Waals surface area contributed by atoms with Crippen LogP contribution in [-0.4, -0.2) is 60.2 Å². The van der Waals surface area contributed by atoms with E-state index >= 15 is 0 Å². The van der Waals surface area contributed by atoms with Crippen LogP contribution in [0.4, 0.5) is 0 Å². The molecule has 0 radical (unpaired) electrons. The molecule has 3 rings (SSSR count). The molecule has 0 atom stereocenters. The molecule has 1 aromatic heterocycles. The van der Waals surface area contributed by atoms with Crippen molar-refractivity contribution >= 4 is 29.9 Å². The predicted octanol–water partition coefficient (Wildman–Crippen LogP) is 2.83. The second-order valence-corrected chi connectivity index (χ2v) is 7.52. The molecule has 2 aromatic rings. The normalized spacial score (nSPS) is 14.8. The molecule has 2 heterocycles. The van der Waals surface area contributed by atoms with Gasteiger partial charge >= 0.3 is 0 Å². The van der Waals surface area contributed by atoms with Gasteiger partial charge in [-0.2, -0.15) is 5.10 Å². The number of nitrogens with one attached hydrogen (secondary N) is 2. The van der Waals surface area contributed by atoms with Crippen molar-refractivity contribution in [2.45, 2.75) is 39.3 Å². The standard InChI is InChI=1S/C22H34N6O2.HI/c1-2-24-22(25-9-4-10-30-16-19-7-11-29-12-8-19)26-14-20-5-3-6-21(13-20)15-28-18-23-17-27-28;/h3,5-6,13,17-19H,2,4,7-12,14-16H2,1H3,(H2,24,25,26);1H. The number of rotatable bonds is 11. The van der Waals surface area contributed by atoms with Crippen molar-refractivity contribution in [3.8, 4) is 0 Å². The predicted molar refractivity (Wildman–Crippen MR) is 133 cm³/mol. The monoisotopic (exact) mass is 542 g/mol. The molecule has 0 saturated carbocycles. The highest BCUT2D eigenvalue weighted by Gasteiger charge is 2.13. The highest BCUT2D eigenvalue weighted by atomic mass is 127. The summed E-state index contributed by atoms with van der Waals surface area (Å²) in [6.45, 7) is 8.46. The molecule has 9 heteroatoms. The lowest BCUT2D eigenvalue weighted by Gasteiger charge is -2.21. The number of nitrogens with zero attached hydrogens (tertiary/aromatic N) is 4. The van der Waals surface area contributed by atoms with E-state index in [1.807, 2.05) is 4.68 Å². The third-order valence-electron chi connectivity index (χ3n) is 5.02. The molecule has 1 aliphatic rings. The number of ether oxygens (including phenoxy) is 2. The zero-order valence-electron chi connectivity index (χ0n) is 18.3. The molecule has 172 valence electrons. The maximum absolute atomic E-state index is 5.83. The first kappa shape index (κ1) is 25.5. The van der Waals surface area contributed by atoms with Gasteiger partial charge in [-0.25, -0.2) is 14.7 Å². The van der Waals surface area contributed by atoms with Crippen LogP contribution in [0.25, 0.3) is 0 Å². The summed E-state index contributed by atoms with van der Waals surface area (Å²) in [6.07, 6.45) is 6.48. The second kappa shape index (κ2) is 15.1. The number of aromatic nitrogens is 3. The Balaban J connectivity index is 0.00000341. The smallest absolute Gasteiger partial charge is 0.191 e. The van der Waals surface area contributed by atoms with Crippen LogP contribution in [0.2, 0.25) is 0 Å². The van der Waals surface area contributed by atoms with Crippen molar-refractivity contribution < 1.29 is 9.47 Å². The number of benzene rings is 1. The van der Waals surface area contributed by atoms with Gasteiger partial charge in [-0.1, -0.05) is 24.3 Å². The lowest BCUT2D eigenvalue weighted by molar-refractivity contribution is 0.0203. The minimum Gasteiger partial charge on any atom is -0.381 e. The minimum atomic E-state index is 0. The van der Waals surface area contributed by atoms with E-state index in [0.29, 0.717) is 19.0 Å². The Morgan fingerprint density at radius 2 is 2.10 bits per heavy atom. The van der Waals surface area contributed by atoms with Gasteiger partial charge in [0, 0.05) is 39.5 Å². The molecular weight excluding hydrogens is 507 g/mol. The molecule has 1 aromatic carbocycles. The van der Waals surface area contributed by atoms with Crippen LogP contribution in [0.15, 0.2) is 41.9 Å². The minimum absolute atomic E-state index is 0. The summed E-state index contributed by atoms with van der Waals surface area (Å²) < 4.78 is 13.0. The van der Waals surface area contributed by atoms with Crippen molar-refractivity contribution in [3.63, 3.8) is 0 Å². The fourth-order valence-electron chi connectivity index (χ4n) is 3.38. The average molecular weight is 542 g/mol. The lowest BCUT2D eigenvalue weighted by atomic mass is 10.0. The molecule has 1 saturated heterocycles. The molecule has 31 heavy (non-hydrogen) atoms. The van der Waals surface area contributed by atoms with E-state index in [4.69, 9.17) is 14.5 Å². The summed E-state index contributed by atoms with van der Waals surface area (Å²) >= 11 is 0. The fourth-order valence-corrected chi connectivity index (χ4v) is 3.38. The van der Waals surface area contributed by atoms with Crippen LogP contribution in [0.3, 0.4) is 0 Å². The molecule has 0 spiro atoms. The first-order chi connectivity index (χ1) is 14.8. The lowest BCUT2D eigenvalue weighted by Crippen LogP contribution is -2.38.